The zero-order valence-corrected chi connectivity index (χ0v) is 4.36. The molecule has 0 radical (unpaired) electrons. The van der Waals surface area contributed by atoms with Gasteiger partial charge >= 0.3 is 0 Å². The van der Waals surface area contributed by atoms with E-state index in [0.29, 0.717) is 0 Å². The molecule has 36 valence electrons. The van der Waals surface area contributed by atoms with Gasteiger partial charge in [-0.25, -0.2) is 0 Å². The van der Waals surface area contributed by atoms with Crippen molar-refractivity contribution in [2.24, 2.45) is 0 Å². The first-order valence-corrected chi connectivity index (χ1v) is 1.54. The van der Waals surface area contributed by atoms with Crippen LogP contribution in [0.2, 0.25) is 0 Å². The van der Waals surface area contributed by atoms with E-state index in [1.165, 1.54) is 6.92 Å². The number of hydrogen-bond acceptors (Lipinski definition) is 2. The molecule has 2 heteroatoms. The Morgan fingerprint density at radius 2 is 1.50 bits per heavy atom. The fourth-order valence-corrected chi connectivity index (χ4v) is 0. The predicted octanol–water partition coefficient (Wildman–Crippen LogP) is 0.792. The number of ether oxygens (including phenoxy) is 1. The number of nitriles is 1. The van der Waals surface area contributed by atoms with E-state index < -0.39 is 0 Å². The number of hydrogen-bond donors (Lipinski definition) is 0. The van der Waals surface area contributed by atoms with Gasteiger partial charge in [0.1, 0.15) is 0 Å². The van der Waals surface area contributed by atoms with Gasteiger partial charge < -0.3 is 4.74 Å². The van der Waals surface area contributed by atoms with Gasteiger partial charge in [0.25, 0.3) is 0 Å². The van der Waals surface area contributed by atoms with Gasteiger partial charge in [0.05, 0.1) is 6.07 Å². The summed E-state index contributed by atoms with van der Waals surface area (Å²) in [6.45, 7) is 1.43. The first-order chi connectivity index (χ1) is 2.83. The van der Waals surface area contributed by atoms with Gasteiger partial charge in [0, 0.05) is 21.1 Å². The molecule has 2 nitrogen and oxygen atoms in total. The fraction of sp³-hybridized carbons (Fsp3) is 0.750. The first-order valence-electron chi connectivity index (χ1n) is 1.54. The molecule has 0 saturated carbocycles. The second kappa shape index (κ2) is 25.2. The van der Waals surface area contributed by atoms with Crippen molar-refractivity contribution in [3.8, 4) is 6.07 Å². The molecule has 0 aliphatic carbocycles. The smallest absolute Gasteiger partial charge is 0.0587 e. The molecule has 0 aliphatic rings. The third-order valence-electron chi connectivity index (χ3n) is 0. The summed E-state index contributed by atoms with van der Waals surface area (Å²) in [7, 11) is 3.25. The summed E-state index contributed by atoms with van der Waals surface area (Å²) in [6, 6.07) is 1.75. The molecular weight excluding hydrogens is 78.0 g/mol. The molecule has 0 rings (SSSR count). The van der Waals surface area contributed by atoms with E-state index in [1.807, 2.05) is 0 Å². The largest absolute Gasteiger partial charge is 0.388 e. The van der Waals surface area contributed by atoms with Gasteiger partial charge in [0.15, 0.2) is 0 Å². The van der Waals surface area contributed by atoms with Crippen molar-refractivity contribution in [3.05, 3.63) is 0 Å². The molecule has 0 aromatic heterocycles. The van der Waals surface area contributed by atoms with Crippen LogP contribution in [0.5, 0.6) is 0 Å². The van der Waals surface area contributed by atoms with Gasteiger partial charge in [-0.15, -0.1) is 0 Å². The third-order valence-corrected chi connectivity index (χ3v) is 0. The molecule has 0 amide bonds. The number of rotatable bonds is 0. The molecule has 0 N–H and O–H groups in total. The normalized spacial score (nSPS) is 4.33. The van der Waals surface area contributed by atoms with Crippen molar-refractivity contribution in [2.75, 3.05) is 14.2 Å². The van der Waals surface area contributed by atoms with E-state index in [4.69, 9.17) is 5.26 Å². The average Bonchev–Trinajstić information content (AvgIpc) is 1.39. The quantitative estimate of drug-likeness (QED) is 0.437. The molecular formula is C4H9NO. The number of methoxy groups -OCH3 is 1. The van der Waals surface area contributed by atoms with Gasteiger partial charge in [-0.3, -0.25) is 0 Å². The second-order valence-electron chi connectivity index (χ2n) is 0.632. The molecule has 0 bridgehead atoms. The van der Waals surface area contributed by atoms with Gasteiger partial charge in [-0.05, 0) is 0 Å². The summed E-state index contributed by atoms with van der Waals surface area (Å²) >= 11 is 0. The first kappa shape index (κ1) is 9.07. The molecule has 0 unspecified atom stereocenters. The molecule has 0 fully saturated rings. The highest BCUT2D eigenvalue weighted by Crippen LogP contribution is 1.28. The molecule has 0 aromatic carbocycles. The Labute approximate surface area is 38.3 Å². The Morgan fingerprint density at radius 3 is 1.50 bits per heavy atom. The van der Waals surface area contributed by atoms with E-state index in [1.54, 1.807) is 20.3 Å². The lowest BCUT2D eigenvalue weighted by Crippen LogP contribution is -1.55. The highest BCUT2D eigenvalue weighted by molar-refractivity contribution is 4.51. The SMILES string of the molecule is CC#N.COC. The average molecular weight is 87.1 g/mol. The Morgan fingerprint density at radius 1 is 1.50 bits per heavy atom. The summed E-state index contributed by atoms with van der Waals surface area (Å²) in [6.07, 6.45) is 0. The minimum absolute atomic E-state index is 1.43. The molecule has 6 heavy (non-hydrogen) atoms. The van der Waals surface area contributed by atoms with Crippen LogP contribution in [0.3, 0.4) is 0 Å². The van der Waals surface area contributed by atoms with Crippen LogP contribution in [-0.2, 0) is 4.74 Å². The van der Waals surface area contributed by atoms with Crippen LogP contribution in [0.15, 0.2) is 0 Å². The van der Waals surface area contributed by atoms with E-state index in [9.17, 15) is 0 Å². The maximum absolute atomic E-state index is 7.32. The lowest BCUT2D eigenvalue weighted by molar-refractivity contribution is 0.277. The summed E-state index contributed by atoms with van der Waals surface area (Å²) in [5, 5.41) is 7.32. The maximum atomic E-state index is 7.32. The monoisotopic (exact) mass is 87.1 g/mol. The van der Waals surface area contributed by atoms with Crippen LogP contribution >= 0.6 is 0 Å². The van der Waals surface area contributed by atoms with Crippen LogP contribution in [-0.4, -0.2) is 14.2 Å². The summed E-state index contributed by atoms with van der Waals surface area (Å²) in [5.41, 5.74) is 0. The van der Waals surface area contributed by atoms with Crippen LogP contribution < -0.4 is 0 Å². The maximum Gasteiger partial charge on any atom is 0.0587 e. The number of nitrogens with zero attached hydrogens (tertiary/aromatic N) is 1. The van der Waals surface area contributed by atoms with Crippen molar-refractivity contribution in [3.63, 3.8) is 0 Å². The predicted molar refractivity (Wildman–Crippen MR) is 24.2 cm³/mol. The van der Waals surface area contributed by atoms with Gasteiger partial charge in [-0.2, -0.15) is 5.26 Å². The molecule has 0 aliphatic heterocycles. The van der Waals surface area contributed by atoms with E-state index in [2.05, 4.69) is 4.74 Å². The van der Waals surface area contributed by atoms with Crippen molar-refractivity contribution in [1.82, 2.24) is 0 Å². The van der Waals surface area contributed by atoms with E-state index in [-0.39, 0.29) is 0 Å². The van der Waals surface area contributed by atoms with Crippen LogP contribution in [0.1, 0.15) is 6.92 Å². The highest BCUT2D eigenvalue weighted by Gasteiger charge is 1.25. The van der Waals surface area contributed by atoms with Gasteiger partial charge in [-0.1, -0.05) is 0 Å². The van der Waals surface area contributed by atoms with Crippen LogP contribution in [0.4, 0.5) is 0 Å². The summed E-state index contributed by atoms with van der Waals surface area (Å²) in [5.74, 6) is 0. The minimum Gasteiger partial charge on any atom is -0.388 e. The zero-order chi connectivity index (χ0) is 5.41. The lowest BCUT2D eigenvalue weighted by atomic mass is 11.0. The summed E-state index contributed by atoms with van der Waals surface area (Å²) in [4.78, 5) is 0. The van der Waals surface area contributed by atoms with Crippen molar-refractivity contribution in [2.45, 2.75) is 6.92 Å². The third kappa shape index (κ3) is 68.5. The van der Waals surface area contributed by atoms with E-state index >= 15 is 0 Å². The lowest BCUT2D eigenvalue weighted by Gasteiger charge is -1.61. The molecule has 0 atom stereocenters. The fourth-order valence-electron chi connectivity index (χ4n) is 0. The minimum atomic E-state index is 1.43. The summed E-state index contributed by atoms with van der Waals surface area (Å²) < 4.78 is 4.25. The topological polar surface area (TPSA) is 33.0 Å². The molecule has 0 heterocycles. The second-order valence-corrected chi connectivity index (χ2v) is 0.632. The van der Waals surface area contributed by atoms with Gasteiger partial charge in [0.2, 0.25) is 0 Å². The van der Waals surface area contributed by atoms with Crippen LogP contribution in [0.25, 0.3) is 0 Å². The van der Waals surface area contributed by atoms with Crippen molar-refractivity contribution < 1.29 is 4.74 Å². The molecule has 0 aromatic rings. The highest BCUT2D eigenvalue weighted by atomic mass is 16.4. The van der Waals surface area contributed by atoms with Crippen molar-refractivity contribution >= 4 is 0 Å². The standard InChI is InChI=1S/C2H3N.C2H6O/c1-2-3;1-3-2/h1H3;1-2H3. The van der Waals surface area contributed by atoms with E-state index in [0.717, 1.165) is 0 Å². The Hall–Kier alpha value is -0.550. The Kier molecular flexibility index (Phi) is 38.1. The molecule has 0 saturated heterocycles. The Balaban J connectivity index is 0. The zero-order valence-electron chi connectivity index (χ0n) is 4.36. The Bertz CT molecular complexity index is 37.3. The molecule has 0 spiro atoms. The van der Waals surface area contributed by atoms with Crippen molar-refractivity contribution in [1.29, 1.82) is 5.26 Å². The van der Waals surface area contributed by atoms with Crippen LogP contribution in [0, 0.1) is 11.3 Å².